The average molecular weight is 2090 g/mol. The Morgan fingerprint density at radius 2 is 0.664 bits per heavy atom. The molecule has 46 nitrogen and oxygen atoms in total. The van der Waals surface area contributed by atoms with Crippen molar-refractivity contribution in [3.05, 3.63) is 48.1 Å². The highest BCUT2D eigenvalue weighted by Gasteiger charge is 2.32. The molecule has 0 spiro atoms. The summed E-state index contributed by atoms with van der Waals surface area (Å²) < 4.78 is 120. The fourth-order valence-corrected chi connectivity index (χ4v) is 13.4. The van der Waals surface area contributed by atoms with Crippen molar-refractivity contribution in [2.24, 2.45) is 11.8 Å². The van der Waals surface area contributed by atoms with Crippen molar-refractivity contribution < 1.29 is 171 Å². The van der Waals surface area contributed by atoms with E-state index in [4.69, 9.17) is 104 Å². The molecule has 0 saturated carbocycles. The van der Waals surface area contributed by atoms with E-state index in [2.05, 4.69) is 47.9 Å². The van der Waals surface area contributed by atoms with Gasteiger partial charge >= 0.3 is 12.1 Å². The summed E-state index contributed by atoms with van der Waals surface area (Å²) in [5.41, 5.74) is -0.851. The first-order chi connectivity index (χ1) is 70.5. The van der Waals surface area contributed by atoms with E-state index in [9.17, 15) is 67.1 Å². The van der Waals surface area contributed by atoms with Gasteiger partial charge in [0, 0.05) is 90.8 Å². The third-order valence-electron chi connectivity index (χ3n) is 20.8. The summed E-state index contributed by atoms with van der Waals surface area (Å²) in [5, 5.41) is 25.3. The van der Waals surface area contributed by atoms with Crippen molar-refractivity contribution in [2.75, 3.05) is 309 Å². The number of alkyl carbamates (subject to hydrolysis) is 1. The molecule has 0 aromatic heterocycles. The number of nitrogens with one attached hydrogen (secondary N) is 9. The number of amides is 11. The van der Waals surface area contributed by atoms with Crippen molar-refractivity contribution in [1.82, 2.24) is 42.1 Å². The number of methoxy groups -OCH3 is 2. The lowest BCUT2D eigenvalue weighted by Crippen LogP contribution is -2.47. The molecule has 3 rings (SSSR count). The lowest BCUT2D eigenvalue weighted by molar-refractivity contribution is -0.160. The summed E-state index contributed by atoms with van der Waals surface area (Å²) in [7, 11) is 3.24. The number of rotatable bonds is 96. The first kappa shape index (κ1) is 131. The summed E-state index contributed by atoms with van der Waals surface area (Å²) in [5.74, 6) is -7.75. The van der Waals surface area contributed by atoms with Crippen molar-refractivity contribution in [1.29, 1.82) is 0 Å². The lowest BCUT2D eigenvalue weighted by atomic mass is 9.95. The predicted octanol–water partition coefficient (Wildman–Crippen LogP) is 3.49. The SMILES string of the molecule is COCCOCCOCCOCCOCCOCCOCCOCCOCCOCC(=O)NCCCC[C@H](NC(=O)CCCC1C(=O)C=CC1=O)C(=O)NCCCC(=O)Nc1ccc(C[C@@H](CC(C)C(=O)OC(C)(C)C)NC(=O)OC(C)(C)C)cc1NC(=O)CCCNC(=O)[C@H](CCCCNC(=O)COCCOCCOCCOCCOCCOCCOCCOCCOCCOC)NC(=O)CCCN1C(=O)C=CC1=O. The summed E-state index contributed by atoms with van der Waals surface area (Å²) in [6.07, 6.45) is 6.04. The molecule has 1 aliphatic heterocycles. The summed E-state index contributed by atoms with van der Waals surface area (Å²) in [4.78, 5) is 185. The second kappa shape index (κ2) is 85.7. The molecule has 1 aromatic rings. The minimum Gasteiger partial charge on any atom is -0.460 e. The number of ketones is 2. The van der Waals surface area contributed by atoms with Crippen LogP contribution in [-0.4, -0.2) is 415 Å². The maximum atomic E-state index is 14.1. The van der Waals surface area contributed by atoms with Crippen LogP contribution in [0.3, 0.4) is 0 Å². The molecular weight excluding hydrogens is 1920 g/mol. The third-order valence-corrected chi connectivity index (χ3v) is 20.8. The first-order valence-corrected chi connectivity index (χ1v) is 50.8. The number of hydrogen-bond donors (Lipinski definition) is 9. The molecule has 1 aromatic carbocycles. The molecule has 2 aliphatic rings. The van der Waals surface area contributed by atoms with Gasteiger partial charge in [-0.15, -0.1) is 0 Å². The monoisotopic (exact) mass is 2090 g/mol. The van der Waals surface area contributed by atoms with E-state index in [0.29, 0.717) is 243 Å². The van der Waals surface area contributed by atoms with E-state index < -0.39 is 100 Å². The molecule has 146 heavy (non-hydrogen) atoms. The van der Waals surface area contributed by atoms with E-state index >= 15 is 0 Å². The lowest BCUT2D eigenvalue weighted by Gasteiger charge is -2.27. The van der Waals surface area contributed by atoms with Crippen LogP contribution in [0.4, 0.5) is 16.2 Å². The van der Waals surface area contributed by atoms with Crippen LogP contribution < -0.4 is 47.9 Å². The zero-order valence-electron chi connectivity index (χ0n) is 87.5. The molecule has 11 amide bonds. The fourth-order valence-electron chi connectivity index (χ4n) is 13.4. The average Bonchev–Trinajstić information content (AvgIpc) is 1.06. The molecule has 1 heterocycles. The van der Waals surface area contributed by atoms with Crippen LogP contribution in [0.1, 0.15) is 157 Å². The number of unbranched alkanes of at least 4 members (excludes halogenated alkanes) is 2. The third kappa shape index (κ3) is 73.1. The zero-order chi connectivity index (χ0) is 107. The van der Waals surface area contributed by atoms with Crippen LogP contribution in [0.15, 0.2) is 42.5 Å². The molecule has 4 atom stereocenters. The number of anilines is 2. The van der Waals surface area contributed by atoms with Gasteiger partial charge in [-0.25, -0.2) is 4.79 Å². The van der Waals surface area contributed by atoms with Crippen molar-refractivity contribution in [3.8, 4) is 0 Å². The summed E-state index contributed by atoms with van der Waals surface area (Å²) >= 11 is 0. The predicted molar refractivity (Wildman–Crippen MR) is 532 cm³/mol. The number of benzene rings is 1. The van der Waals surface area contributed by atoms with Crippen LogP contribution in [0, 0.1) is 11.8 Å². The number of ether oxygens (including phenoxy) is 22. The van der Waals surface area contributed by atoms with Gasteiger partial charge in [-0.1, -0.05) is 13.0 Å². The van der Waals surface area contributed by atoms with Gasteiger partial charge in [-0.3, -0.25) is 67.2 Å². The Morgan fingerprint density at radius 3 is 1.01 bits per heavy atom. The summed E-state index contributed by atoms with van der Waals surface area (Å²) in [6.45, 7) is 26.5. The van der Waals surface area contributed by atoms with Crippen LogP contribution in [0.5, 0.6) is 0 Å². The number of nitrogens with zero attached hydrogens (tertiary/aromatic N) is 1. The zero-order valence-corrected chi connectivity index (χ0v) is 87.5. The van der Waals surface area contributed by atoms with Gasteiger partial charge < -0.3 is 152 Å². The Morgan fingerprint density at radius 1 is 0.342 bits per heavy atom. The van der Waals surface area contributed by atoms with E-state index in [0.717, 1.165) is 17.1 Å². The maximum absolute atomic E-state index is 14.1. The Labute approximate surface area is 859 Å². The minimum atomic E-state index is -1.07. The minimum absolute atomic E-state index is 0.0270. The number of carbonyl (C=O) groups excluding carboxylic acids is 14. The standard InChI is InChI=1S/C100H168N10O36/c1-77(97(123)145-99(2,3)4)72-79(105-98(124)146-100(5,6)7)73-78-25-26-81(106-88(114)22-15-33-103-95(121)82(107-87(113)21-14-18-80-85(111)27-28-86(80)112)19-10-12-31-101-91(117)75-143-70-68-141-66-64-139-62-60-137-58-56-135-54-52-133-50-48-131-46-44-129-42-40-127-38-36-125-8)84(74-78)109-89(115)23-16-34-104-96(122)83(108-90(116)24-17-35-110-93(119)29-30-94(110)120)20-11-13-32-102-92(118)76-144-71-69-142-67-65-140-63-61-138-59-57-136-55-53-134-51-49-132-47-45-130-43-41-128-39-37-126-9/h25-30,74,77,79-80,82-83H,10-24,31-73,75-76H2,1-9H3,(H,101,117)(H,102,118)(H,103,121)(H,104,122)(H,105,124)(H,106,114)(H,107,113)(H,108,116)(H,109,115)/t77?,79-,82+,83+/m1/s1. The summed E-state index contributed by atoms with van der Waals surface area (Å²) in [6, 6.07) is 1.97. The van der Waals surface area contributed by atoms with Gasteiger partial charge in [-0.2, -0.15) is 0 Å². The first-order valence-electron chi connectivity index (χ1n) is 50.8. The van der Waals surface area contributed by atoms with E-state index in [1.54, 1.807) is 80.9 Å². The molecule has 9 N–H and O–H groups in total. The molecule has 834 valence electrons. The number of allylic oxidation sites excluding steroid dienone is 2. The number of carbonyl (C=O) groups is 14. The van der Waals surface area contributed by atoms with Crippen molar-refractivity contribution in [2.45, 2.75) is 187 Å². The van der Waals surface area contributed by atoms with Gasteiger partial charge in [-0.05, 0) is 155 Å². The normalized spacial score (nSPS) is 13.5. The Kier molecular flexibility index (Phi) is 76.9. The van der Waals surface area contributed by atoms with Gasteiger partial charge in [0.15, 0.2) is 11.6 Å². The number of imide groups is 1. The van der Waals surface area contributed by atoms with Gasteiger partial charge in [0.05, 0.1) is 261 Å². The molecule has 0 saturated heterocycles. The number of hydrogen-bond acceptors (Lipinski definition) is 36. The highest BCUT2D eigenvalue weighted by atomic mass is 16.6. The van der Waals surface area contributed by atoms with E-state index in [1.807, 2.05) is 0 Å². The van der Waals surface area contributed by atoms with Gasteiger partial charge in [0.25, 0.3) is 11.8 Å². The van der Waals surface area contributed by atoms with Crippen molar-refractivity contribution in [3.63, 3.8) is 0 Å². The topological polar surface area (TPSA) is 554 Å². The quantitative estimate of drug-likeness (QED) is 0.0195. The Bertz CT molecular complexity index is 3820. The molecule has 46 heteroatoms. The van der Waals surface area contributed by atoms with E-state index in [1.165, 1.54) is 12.2 Å². The Balaban J connectivity index is 1.53. The fraction of sp³-hybridized carbons (Fsp3) is 0.760. The second-order valence-corrected chi connectivity index (χ2v) is 35.7. The molecule has 1 unspecified atom stereocenters. The van der Waals surface area contributed by atoms with Gasteiger partial charge in [0.2, 0.25) is 47.3 Å². The molecule has 0 radical (unpaired) electrons. The Hall–Kier alpha value is -9.12. The molecule has 1 aliphatic carbocycles. The molecular formula is C100H168N10O36. The van der Waals surface area contributed by atoms with Crippen LogP contribution in [0.2, 0.25) is 0 Å². The smallest absolute Gasteiger partial charge is 0.407 e. The van der Waals surface area contributed by atoms with Crippen LogP contribution >= 0.6 is 0 Å². The van der Waals surface area contributed by atoms with Crippen LogP contribution in [-0.2, 0) is 173 Å². The van der Waals surface area contributed by atoms with Crippen LogP contribution in [0.25, 0.3) is 0 Å². The largest absolute Gasteiger partial charge is 0.460 e. The van der Waals surface area contributed by atoms with E-state index in [-0.39, 0.29) is 191 Å². The highest BCUT2D eigenvalue weighted by molar-refractivity contribution is 6.18. The van der Waals surface area contributed by atoms with Crippen molar-refractivity contribution >= 4 is 94.1 Å². The highest BCUT2D eigenvalue weighted by Crippen LogP contribution is 2.27. The number of esters is 1. The van der Waals surface area contributed by atoms with Gasteiger partial charge in [0.1, 0.15) is 36.5 Å². The molecule has 0 fully saturated rings. The maximum Gasteiger partial charge on any atom is 0.407 e. The second-order valence-electron chi connectivity index (χ2n) is 35.7. The molecule has 0 bridgehead atoms.